The molecule has 0 aromatic heterocycles. The number of amides is 3. The fourth-order valence-electron chi connectivity index (χ4n) is 1.43. The quantitative estimate of drug-likeness (QED) is 0.676. The highest BCUT2D eigenvalue weighted by atomic mass is 16.5. The summed E-state index contributed by atoms with van der Waals surface area (Å²) < 4.78 is 10.7. The highest BCUT2D eigenvalue weighted by Crippen LogP contribution is 2.25. The van der Waals surface area contributed by atoms with Crippen molar-refractivity contribution < 1.29 is 24.2 Å². The van der Waals surface area contributed by atoms with Crippen molar-refractivity contribution in [1.29, 1.82) is 0 Å². The van der Waals surface area contributed by atoms with E-state index in [4.69, 9.17) is 15.2 Å². The lowest BCUT2D eigenvalue weighted by Gasteiger charge is -2.12. The van der Waals surface area contributed by atoms with Crippen molar-refractivity contribution in [3.8, 4) is 11.5 Å². The molecular weight excluding hydrogens is 264 g/mol. The molecule has 0 aliphatic carbocycles. The molecule has 0 aliphatic rings. The Morgan fingerprint density at radius 1 is 1.35 bits per heavy atom. The molecule has 0 saturated carbocycles. The van der Waals surface area contributed by atoms with Crippen molar-refractivity contribution in [3.63, 3.8) is 0 Å². The summed E-state index contributed by atoms with van der Waals surface area (Å²) in [5, 5.41) is 11.1. The van der Waals surface area contributed by atoms with Gasteiger partial charge in [-0.2, -0.15) is 0 Å². The molecule has 1 rings (SSSR count). The van der Waals surface area contributed by atoms with Crippen molar-refractivity contribution in [3.05, 3.63) is 23.8 Å². The zero-order chi connectivity index (χ0) is 15.0. The minimum atomic E-state index is -0.944. The van der Waals surface area contributed by atoms with Crippen LogP contribution in [0.1, 0.15) is 18.9 Å². The van der Waals surface area contributed by atoms with Crippen LogP contribution in [-0.4, -0.2) is 30.3 Å². The van der Waals surface area contributed by atoms with Crippen LogP contribution < -0.4 is 20.5 Å². The first-order valence-corrected chi connectivity index (χ1v) is 6.15. The van der Waals surface area contributed by atoms with E-state index in [1.807, 2.05) is 12.2 Å². The number of nitrogens with one attached hydrogen (secondary N) is 1. The molecular formula is C13H18N2O5. The number of nitrogens with two attached hydrogens (primary N) is 1. The van der Waals surface area contributed by atoms with Crippen molar-refractivity contribution in [2.75, 3.05) is 13.2 Å². The number of hydrogen-bond donors (Lipinski definition) is 3. The third-order valence-electron chi connectivity index (χ3n) is 2.30. The van der Waals surface area contributed by atoms with Gasteiger partial charge >= 0.3 is 6.03 Å². The second-order valence-electron chi connectivity index (χ2n) is 3.98. The smallest absolute Gasteiger partial charge is 0.318 e. The topological polar surface area (TPSA) is 111 Å². The maximum absolute atomic E-state index is 11.3. The molecule has 0 saturated heterocycles. The van der Waals surface area contributed by atoms with Gasteiger partial charge in [0.25, 0.3) is 5.91 Å². The average molecular weight is 282 g/mol. The summed E-state index contributed by atoms with van der Waals surface area (Å²) >= 11 is 0. The third kappa shape index (κ3) is 5.15. The Kier molecular flexibility index (Phi) is 6.31. The van der Waals surface area contributed by atoms with E-state index in [1.165, 1.54) is 0 Å². The molecule has 1 aromatic carbocycles. The molecule has 0 fully saturated rings. The van der Waals surface area contributed by atoms with E-state index in [2.05, 4.69) is 0 Å². The van der Waals surface area contributed by atoms with Gasteiger partial charge in [0.05, 0.1) is 13.2 Å². The minimum Gasteiger partial charge on any atom is -0.493 e. The fourth-order valence-corrected chi connectivity index (χ4v) is 1.43. The van der Waals surface area contributed by atoms with Crippen molar-refractivity contribution in [1.82, 2.24) is 5.32 Å². The summed E-state index contributed by atoms with van der Waals surface area (Å²) in [6.45, 7) is 1.92. The molecule has 7 heteroatoms. The number of benzene rings is 1. The number of carbonyl (C=O) groups is 2. The summed E-state index contributed by atoms with van der Waals surface area (Å²) in [7, 11) is 0. The van der Waals surface area contributed by atoms with Crippen LogP contribution >= 0.6 is 0 Å². The van der Waals surface area contributed by atoms with E-state index < -0.39 is 11.9 Å². The number of imide groups is 1. The van der Waals surface area contributed by atoms with Crippen molar-refractivity contribution >= 4 is 11.9 Å². The first kappa shape index (κ1) is 15.8. The first-order valence-electron chi connectivity index (χ1n) is 6.15. The number of aliphatic hydroxyl groups is 1. The molecule has 0 radical (unpaired) electrons. The van der Waals surface area contributed by atoms with E-state index in [9.17, 15) is 14.7 Å². The Hall–Kier alpha value is -2.28. The second-order valence-corrected chi connectivity index (χ2v) is 3.98. The van der Waals surface area contributed by atoms with E-state index in [0.717, 1.165) is 6.42 Å². The van der Waals surface area contributed by atoms with Crippen LogP contribution in [0.2, 0.25) is 0 Å². The molecule has 20 heavy (non-hydrogen) atoms. The fraction of sp³-hybridized carbons (Fsp3) is 0.385. The number of urea groups is 1. The summed E-state index contributed by atoms with van der Waals surface area (Å²) in [5.41, 5.74) is 5.33. The maximum Gasteiger partial charge on any atom is 0.318 e. The van der Waals surface area contributed by atoms with Crippen LogP contribution in [-0.2, 0) is 11.4 Å². The molecule has 0 bridgehead atoms. The molecule has 7 nitrogen and oxygen atoms in total. The number of primary amides is 1. The van der Waals surface area contributed by atoms with Gasteiger partial charge in [-0.25, -0.2) is 4.79 Å². The Morgan fingerprint density at radius 2 is 2.10 bits per heavy atom. The van der Waals surface area contributed by atoms with Gasteiger partial charge in [-0.1, -0.05) is 6.92 Å². The van der Waals surface area contributed by atoms with Gasteiger partial charge < -0.3 is 20.3 Å². The van der Waals surface area contributed by atoms with Gasteiger partial charge in [-0.3, -0.25) is 10.1 Å². The minimum absolute atomic E-state index is 0.235. The summed E-state index contributed by atoms with van der Waals surface area (Å²) in [5.74, 6) is 0.233. The molecule has 110 valence electrons. The first-order chi connectivity index (χ1) is 9.56. The van der Waals surface area contributed by atoms with E-state index in [-0.39, 0.29) is 13.2 Å². The second kappa shape index (κ2) is 8.00. The average Bonchev–Trinajstić information content (AvgIpc) is 2.42. The Morgan fingerprint density at radius 3 is 2.70 bits per heavy atom. The maximum atomic E-state index is 11.3. The van der Waals surface area contributed by atoms with Gasteiger partial charge in [0.1, 0.15) is 11.5 Å². The Bertz CT molecular complexity index is 476. The normalized spacial score (nSPS) is 9.90. The molecule has 0 heterocycles. The van der Waals surface area contributed by atoms with Crippen LogP contribution in [0.5, 0.6) is 11.5 Å². The predicted octanol–water partition coefficient (Wildman–Crippen LogP) is 0.541. The lowest BCUT2D eigenvalue weighted by Crippen LogP contribution is -2.38. The number of hydrogen-bond acceptors (Lipinski definition) is 5. The van der Waals surface area contributed by atoms with Crippen LogP contribution in [0.3, 0.4) is 0 Å². The molecule has 0 aliphatic heterocycles. The number of rotatable bonds is 7. The zero-order valence-electron chi connectivity index (χ0n) is 11.2. The number of carbonyl (C=O) groups excluding carboxylic acids is 2. The molecule has 4 N–H and O–H groups in total. The largest absolute Gasteiger partial charge is 0.493 e. The summed E-state index contributed by atoms with van der Waals surface area (Å²) in [6.07, 6.45) is 0.860. The SMILES string of the molecule is CCCOc1ccc(CO)c(OCC(=O)NC(N)=O)c1. The predicted molar refractivity (Wildman–Crippen MR) is 71.4 cm³/mol. The van der Waals surface area contributed by atoms with Crippen LogP contribution in [0.4, 0.5) is 4.79 Å². The number of aliphatic hydroxyl groups excluding tert-OH is 1. The molecule has 0 atom stereocenters. The van der Waals surface area contributed by atoms with E-state index >= 15 is 0 Å². The van der Waals surface area contributed by atoms with Crippen LogP contribution in [0.15, 0.2) is 18.2 Å². The monoisotopic (exact) mass is 282 g/mol. The van der Waals surface area contributed by atoms with Crippen molar-refractivity contribution in [2.45, 2.75) is 20.0 Å². The van der Waals surface area contributed by atoms with Crippen LogP contribution in [0, 0.1) is 0 Å². The highest BCUT2D eigenvalue weighted by molar-refractivity contribution is 5.94. The zero-order valence-corrected chi connectivity index (χ0v) is 11.2. The van der Waals surface area contributed by atoms with Gasteiger partial charge in [0.2, 0.25) is 0 Å². The summed E-state index contributed by atoms with van der Waals surface area (Å²) in [4.78, 5) is 21.7. The number of ether oxygens (including phenoxy) is 2. The molecule has 0 spiro atoms. The molecule has 0 unspecified atom stereocenters. The lowest BCUT2D eigenvalue weighted by molar-refractivity contribution is -0.121. The summed E-state index contributed by atoms with van der Waals surface area (Å²) in [6, 6.07) is 3.99. The van der Waals surface area contributed by atoms with Crippen molar-refractivity contribution in [2.24, 2.45) is 5.73 Å². The van der Waals surface area contributed by atoms with Gasteiger partial charge in [0.15, 0.2) is 6.61 Å². The Balaban J connectivity index is 2.70. The standard InChI is InChI=1S/C13H18N2O5/c1-2-5-19-10-4-3-9(7-16)11(6-10)20-8-12(17)15-13(14)18/h3-4,6,16H,2,5,7-8H2,1H3,(H3,14,15,17,18). The van der Waals surface area contributed by atoms with E-state index in [0.29, 0.717) is 23.7 Å². The Labute approximate surface area is 116 Å². The lowest BCUT2D eigenvalue weighted by atomic mass is 10.2. The molecule has 1 aromatic rings. The van der Waals surface area contributed by atoms with Gasteiger partial charge in [0, 0.05) is 11.6 Å². The van der Waals surface area contributed by atoms with Gasteiger partial charge in [-0.05, 0) is 18.6 Å². The third-order valence-corrected chi connectivity index (χ3v) is 2.30. The van der Waals surface area contributed by atoms with E-state index in [1.54, 1.807) is 18.2 Å². The molecule has 3 amide bonds. The van der Waals surface area contributed by atoms with Gasteiger partial charge in [-0.15, -0.1) is 0 Å². The van der Waals surface area contributed by atoms with Crippen LogP contribution in [0.25, 0.3) is 0 Å². The highest BCUT2D eigenvalue weighted by Gasteiger charge is 2.09.